The lowest BCUT2D eigenvalue weighted by Gasteiger charge is -2.22. The number of carbonyl (C=O) groups is 2. The molecule has 0 aliphatic carbocycles. The quantitative estimate of drug-likeness (QED) is 0.433. The van der Waals surface area contributed by atoms with Crippen molar-refractivity contribution in [1.29, 1.82) is 5.26 Å². The first-order valence-electron chi connectivity index (χ1n) is 11.6. The van der Waals surface area contributed by atoms with Crippen molar-refractivity contribution in [3.63, 3.8) is 0 Å². The molecule has 0 saturated heterocycles. The first-order chi connectivity index (χ1) is 17.2. The smallest absolute Gasteiger partial charge is 0.287 e. The van der Waals surface area contributed by atoms with Crippen LogP contribution in [0.15, 0.2) is 30.6 Å². The van der Waals surface area contributed by atoms with Crippen LogP contribution in [0, 0.1) is 18.3 Å². The summed E-state index contributed by atoms with van der Waals surface area (Å²) in [4.78, 5) is 30.1. The van der Waals surface area contributed by atoms with E-state index in [1.54, 1.807) is 25.1 Å². The van der Waals surface area contributed by atoms with Gasteiger partial charge in [-0.2, -0.15) is 5.26 Å². The van der Waals surface area contributed by atoms with Crippen LogP contribution in [0.3, 0.4) is 0 Å². The summed E-state index contributed by atoms with van der Waals surface area (Å²) in [5.41, 5.74) is 7.86. The maximum Gasteiger partial charge on any atom is 0.287 e. The second-order valence-electron chi connectivity index (χ2n) is 10.6. The van der Waals surface area contributed by atoms with Crippen molar-refractivity contribution in [2.75, 3.05) is 12.4 Å². The largest absolute Gasteiger partial charge is 0.495 e. The Morgan fingerprint density at radius 2 is 1.78 bits per heavy atom. The number of anilines is 1. The molecule has 0 atom stereocenters. The molecule has 3 rings (SSSR count). The number of nitrogens with zero attached hydrogens (tertiary/aromatic N) is 5. The van der Waals surface area contributed by atoms with E-state index in [9.17, 15) is 14.9 Å². The third-order valence-corrected chi connectivity index (χ3v) is 5.37. The third-order valence-electron chi connectivity index (χ3n) is 5.37. The molecule has 0 aliphatic rings. The van der Waals surface area contributed by atoms with Gasteiger partial charge in [0.25, 0.3) is 11.8 Å². The Labute approximate surface area is 216 Å². The zero-order valence-corrected chi connectivity index (χ0v) is 22.3. The number of benzene rings is 1. The van der Waals surface area contributed by atoms with Crippen LogP contribution in [-0.4, -0.2) is 44.4 Å². The second kappa shape index (κ2) is 10.4. The molecule has 0 aliphatic heterocycles. The van der Waals surface area contributed by atoms with E-state index in [0.29, 0.717) is 17.1 Å². The van der Waals surface area contributed by atoms with Gasteiger partial charge in [-0.15, -0.1) is 5.10 Å². The van der Waals surface area contributed by atoms with E-state index in [1.165, 1.54) is 24.2 Å². The molecule has 2 aromatic heterocycles. The monoisotopic (exact) mass is 504 g/mol. The fraction of sp³-hybridized carbons (Fsp3) is 0.385. The summed E-state index contributed by atoms with van der Waals surface area (Å²) in [6.45, 7) is 13.5. The summed E-state index contributed by atoms with van der Waals surface area (Å²) in [7, 11) is 1.42. The number of ether oxygens (including phenoxy) is 1. The van der Waals surface area contributed by atoms with Gasteiger partial charge in [0, 0.05) is 5.54 Å². The summed E-state index contributed by atoms with van der Waals surface area (Å²) in [6.07, 6.45) is 2.99. The Morgan fingerprint density at radius 3 is 2.38 bits per heavy atom. The van der Waals surface area contributed by atoms with Crippen LogP contribution in [0.4, 0.5) is 5.69 Å². The second-order valence-corrected chi connectivity index (χ2v) is 10.6. The highest BCUT2D eigenvalue weighted by molar-refractivity contribution is 6.07. The average molecular weight is 505 g/mol. The van der Waals surface area contributed by atoms with Gasteiger partial charge < -0.3 is 10.1 Å². The van der Waals surface area contributed by atoms with E-state index in [1.807, 2.05) is 41.5 Å². The molecule has 0 spiro atoms. The molecule has 194 valence electrons. The number of hydrogen-bond acceptors (Lipinski definition) is 8. The summed E-state index contributed by atoms with van der Waals surface area (Å²) >= 11 is 0. The first kappa shape index (κ1) is 27.3. The summed E-state index contributed by atoms with van der Waals surface area (Å²) in [5, 5.41) is 20.4. The van der Waals surface area contributed by atoms with Gasteiger partial charge >= 0.3 is 0 Å². The Morgan fingerprint density at radius 1 is 1.08 bits per heavy atom. The zero-order chi connectivity index (χ0) is 27.5. The Hall–Kier alpha value is -4.30. The van der Waals surface area contributed by atoms with Crippen molar-refractivity contribution >= 4 is 17.5 Å². The normalized spacial score (nSPS) is 11.5. The van der Waals surface area contributed by atoms with Gasteiger partial charge in [0.1, 0.15) is 11.8 Å². The molecule has 0 fully saturated rings. The van der Waals surface area contributed by atoms with Crippen molar-refractivity contribution in [2.45, 2.75) is 59.4 Å². The van der Waals surface area contributed by atoms with Crippen LogP contribution in [0.25, 0.3) is 5.69 Å². The van der Waals surface area contributed by atoms with E-state index >= 15 is 0 Å². The molecule has 1 aromatic carbocycles. The lowest BCUT2D eigenvalue weighted by Crippen LogP contribution is -2.48. The predicted octanol–water partition coefficient (Wildman–Crippen LogP) is 3.43. The number of rotatable bonds is 6. The molecule has 3 aromatic rings. The number of hydrogen-bond donors (Lipinski definition) is 3. The minimum absolute atomic E-state index is 0.110. The van der Waals surface area contributed by atoms with Crippen LogP contribution in [0.5, 0.6) is 5.75 Å². The van der Waals surface area contributed by atoms with Gasteiger partial charge in [0.2, 0.25) is 0 Å². The predicted molar refractivity (Wildman–Crippen MR) is 139 cm³/mol. The van der Waals surface area contributed by atoms with Crippen LogP contribution in [0.2, 0.25) is 0 Å². The SMILES string of the molecule is COc1c(C#N)cc(C(C)(C)C)cc1C(=O)Nc1cnc(C)c(-n2cc(C(=O)NNC(C)(C)C)nn2)c1. The highest BCUT2D eigenvalue weighted by Gasteiger charge is 2.23. The molecule has 2 heterocycles. The first-order valence-corrected chi connectivity index (χ1v) is 11.6. The number of methoxy groups -OCH3 is 1. The van der Waals surface area contributed by atoms with Crippen molar-refractivity contribution in [1.82, 2.24) is 30.8 Å². The average Bonchev–Trinajstić information content (AvgIpc) is 3.31. The van der Waals surface area contributed by atoms with E-state index in [4.69, 9.17) is 4.74 Å². The Kier molecular flexibility index (Phi) is 7.64. The van der Waals surface area contributed by atoms with Crippen LogP contribution < -0.4 is 20.9 Å². The molecule has 0 bridgehead atoms. The van der Waals surface area contributed by atoms with E-state index in [-0.39, 0.29) is 33.5 Å². The number of hydrazine groups is 1. The number of nitrogens with one attached hydrogen (secondary N) is 3. The molecule has 11 heteroatoms. The van der Waals surface area contributed by atoms with Crippen LogP contribution in [0.1, 0.15) is 79.2 Å². The molecular weight excluding hydrogens is 472 g/mol. The maximum absolute atomic E-state index is 13.3. The summed E-state index contributed by atoms with van der Waals surface area (Å²) in [5.74, 6) is -0.692. The standard InChI is InChI=1S/C26H32N8O3/c1-15-21(34-14-20(30-33-34)24(36)31-32-26(5,6)7)11-18(13-28-15)29-23(35)19-10-17(25(2,3)4)9-16(12-27)22(19)37-8/h9-11,13-14,32H,1-8H3,(H,29,35)(H,31,36). The molecule has 0 radical (unpaired) electrons. The van der Waals surface area contributed by atoms with Gasteiger partial charge in [0.05, 0.1) is 47.7 Å². The van der Waals surface area contributed by atoms with E-state index in [0.717, 1.165) is 5.56 Å². The maximum atomic E-state index is 13.3. The number of aromatic nitrogens is 4. The summed E-state index contributed by atoms with van der Waals surface area (Å²) in [6, 6.07) is 7.25. The lowest BCUT2D eigenvalue weighted by atomic mass is 9.84. The van der Waals surface area contributed by atoms with Crippen molar-refractivity contribution in [3.8, 4) is 17.5 Å². The topological polar surface area (TPSA) is 147 Å². The number of aryl methyl sites for hydroxylation is 1. The molecule has 2 amide bonds. The molecular formula is C26H32N8O3. The Bertz CT molecular complexity index is 1370. The minimum atomic E-state index is -0.456. The number of carbonyl (C=O) groups excluding carboxylic acids is 2. The molecule has 37 heavy (non-hydrogen) atoms. The minimum Gasteiger partial charge on any atom is -0.495 e. The van der Waals surface area contributed by atoms with Gasteiger partial charge in [-0.3, -0.25) is 20.0 Å². The highest BCUT2D eigenvalue weighted by Crippen LogP contribution is 2.32. The van der Waals surface area contributed by atoms with E-state index in [2.05, 4.69) is 37.5 Å². The van der Waals surface area contributed by atoms with E-state index < -0.39 is 11.8 Å². The van der Waals surface area contributed by atoms with Crippen molar-refractivity contribution < 1.29 is 14.3 Å². The van der Waals surface area contributed by atoms with Crippen LogP contribution >= 0.6 is 0 Å². The fourth-order valence-corrected chi connectivity index (χ4v) is 3.35. The number of amides is 2. The van der Waals surface area contributed by atoms with Gasteiger partial charge in [-0.1, -0.05) is 26.0 Å². The number of pyridine rings is 1. The molecule has 0 saturated carbocycles. The summed E-state index contributed by atoms with van der Waals surface area (Å²) < 4.78 is 6.82. The third kappa shape index (κ3) is 6.48. The van der Waals surface area contributed by atoms with Gasteiger partial charge in [-0.25, -0.2) is 10.1 Å². The van der Waals surface area contributed by atoms with Crippen LogP contribution in [-0.2, 0) is 5.41 Å². The van der Waals surface area contributed by atoms with Gasteiger partial charge in [-0.05, 0) is 56.9 Å². The lowest BCUT2D eigenvalue weighted by molar-refractivity contribution is 0.0908. The van der Waals surface area contributed by atoms with Crippen molar-refractivity contribution in [3.05, 3.63) is 58.7 Å². The number of nitriles is 1. The van der Waals surface area contributed by atoms with Gasteiger partial charge in [0.15, 0.2) is 5.69 Å². The molecule has 0 unspecified atom stereocenters. The fourth-order valence-electron chi connectivity index (χ4n) is 3.35. The Balaban J connectivity index is 1.90. The zero-order valence-electron chi connectivity index (χ0n) is 22.3. The molecule has 3 N–H and O–H groups in total. The molecule has 11 nitrogen and oxygen atoms in total. The highest BCUT2D eigenvalue weighted by atomic mass is 16.5. The van der Waals surface area contributed by atoms with Crippen molar-refractivity contribution in [2.24, 2.45) is 0 Å².